The Labute approximate surface area is 109 Å². The number of aliphatic hydroxyl groups excluding tert-OH is 1. The largest absolute Gasteiger partial charge is 0.393 e. The maximum absolute atomic E-state index is 10.5. The van der Waals surface area contributed by atoms with Gasteiger partial charge in [0.05, 0.1) is 6.10 Å². The van der Waals surface area contributed by atoms with Crippen LogP contribution in [0.1, 0.15) is 74.7 Å². The van der Waals surface area contributed by atoms with Crippen LogP contribution in [0.5, 0.6) is 0 Å². The summed E-state index contributed by atoms with van der Waals surface area (Å²) in [6.45, 7) is 17.9. The number of rotatable bonds is 5. The first kappa shape index (κ1) is 17.0. The van der Waals surface area contributed by atoms with Gasteiger partial charge in [0.2, 0.25) is 0 Å². The molecule has 0 aromatic heterocycles. The van der Waals surface area contributed by atoms with Crippen LogP contribution in [-0.2, 0) is 0 Å². The van der Waals surface area contributed by atoms with Crippen LogP contribution in [0.2, 0.25) is 0 Å². The highest BCUT2D eigenvalue weighted by Gasteiger charge is 2.33. The number of hydrogen-bond donors (Lipinski definition) is 1. The molecular formula is C16H34O. The molecule has 1 N–H and O–H groups in total. The molecule has 0 aliphatic carbocycles. The average Bonchev–Trinajstić information content (AvgIpc) is 2.08. The quantitative estimate of drug-likeness (QED) is 0.728. The highest BCUT2D eigenvalue weighted by atomic mass is 16.3. The molecule has 0 saturated heterocycles. The van der Waals surface area contributed by atoms with Gasteiger partial charge in [-0.25, -0.2) is 0 Å². The summed E-state index contributed by atoms with van der Waals surface area (Å²) in [6.07, 6.45) is 3.06. The van der Waals surface area contributed by atoms with Gasteiger partial charge in [-0.15, -0.1) is 0 Å². The Kier molecular flexibility index (Phi) is 6.21. The molecule has 1 nitrogen and oxygen atoms in total. The summed E-state index contributed by atoms with van der Waals surface area (Å²) in [5, 5.41) is 10.5. The van der Waals surface area contributed by atoms with Crippen LogP contribution in [-0.4, -0.2) is 11.2 Å². The van der Waals surface area contributed by atoms with Crippen molar-refractivity contribution in [1.29, 1.82) is 0 Å². The fourth-order valence-corrected chi connectivity index (χ4v) is 2.46. The monoisotopic (exact) mass is 242 g/mol. The second-order valence-corrected chi connectivity index (χ2v) is 8.05. The highest BCUT2D eigenvalue weighted by molar-refractivity contribution is 4.84. The summed E-state index contributed by atoms with van der Waals surface area (Å²) in [7, 11) is 0. The molecule has 0 aliphatic heterocycles. The highest BCUT2D eigenvalue weighted by Crippen LogP contribution is 2.38. The van der Waals surface area contributed by atoms with E-state index >= 15 is 0 Å². The fraction of sp³-hybridized carbons (Fsp3) is 1.00. The van der Waals surface area contributed by atoms with Gasteiger partial charge in [-0.2, -0.15) is 0 Å². The van der Waals surface area contributed by atoms with Gasteiger partial charge in [0.1, 0.15) is 0 Å². The zero-order valence-electron chi connectivity index (χ0n) is 13.3. The van der Waals surface area contributed by atoms with E-state index in [4.69, 9.17) is 0 Å². The first-order valence-corrected chi connectivity index (χ1v) is 7.15. The Morgan fingerprint density at radius 3 is 1.76 bits per heavy atom. The topological polar surface area (TPSA) is 20.2 Å². The smallest absolute Gasteiger partial charge is 0.0578 e. The molecular weight excluding hydrogens is 208 g/mol. The van der Waals surface area contributed by atoms with Gasteiger partial charge in [-0.1, -0.05) is 61.8 Å². The molecule has 0 fully saturated rings. The van der Waals surface area contributed by atoms with Crippen LogP contribution in [0.25, 0.3) is 0 Å². The van der Waals surface area contributed by atoms with Crippen LogP contribution in [0, 0.1) is 22.7 Å². The van der Waals surface area contributed by atoms with Crippen LogP contribution >= 0.6 is 0 Å². The van der Waals surface area contributed by atoms with E-state index in [1.165, 1.54) is 6.42 Å². The van der Waals surface area contributed by atoms with Crippen molar-refractivity contribution in [3.05, 3.63) is 0 Å². The Balaban J connectivity index is 4.69. The number of hydrogen-bond acceptors (Lipinski definition) is 1. The van der Waals surface area contributed by atoms with Crippen LogP contribution < -0.4 is 0 Å². The Morgan fingerprint density at radius 2 is 1.47 bits per heavy atom. The minimum Gasteiger partial charge on any atom is -0.393 e. The van der Waals surface area contributed by atoms with Gasteiger partial charge in [-0.3, -0.25) is 0 Å². The lowest BCUT2D eigenvalue weighted by atomic mass is 9.69. The summed E-state index contributed by atoms with van der Waals surface area (Å²) >= 11 is 0. The summed E-state index contributed by atoms with van der Waals surface area (Å²) in [6, 6.07) is 0. The van der Waals surface area contributed by atoms with E-state index in [1.807, 2.05) is 0 Å². The molecule has 0 amide bonds. The lowest BCUT2D eigenvalue weighted by Gasteiger charge is -2.38. The number of aliphatic hydroxyl groups is 1. The Hall–Kier alpha value is -0.0400. The predicted octanol–water partition coefficient (Wildman–Crippen LogP) is 4.88. The van der Waals surface area contributed by atoms with Crippen LogP contribution in [0.15, 0.2) is 0 Å². The van der Waals surface area contributed by atoms with Crippen molar-refractivity contribution < 1.29 is 5.11 Å². The van der Waals surface area contributed by atoms with Gasteiger partial charge in [-0.05, 0) is 35.5 Å². The zero-order valence-corrected chi connectivity index (χ0v) is 13.3. The van der Waals surface area contributed by atoms with Gasteiger partial charge in [0.15, 0.2) is 0 Å². The minimum absolute atomic E-state index is 0.177. The van der Waals surface area contributed by atoms with Crippen molar-refractivity contribution >= 4 is 0 Å². The standard InChI is InChI=1S/C16H34O/c1-9-12(2)10-13(16(6,7)8)14(17)11-15(3,4)5/h12-14,17H,9-11H2,1-8H3. The first-order valence-electron chi connectivity index (χ1n) is 7.15. The van der Waals surface area contributed by atoms with Gasteiger partial charge in [0, 0.05) is 0 Å². The predicted molar refractivity (Wildman–Crippen MR) is 77.1 cm³/mol. The third-order valence-corrected chi connectivity index (χ3v) is 3.75. The molecule has 0 aromatic carbocycles. The van der Waals surface area contributed by atoms with E-state index in [1.54, 1.807) is 0 Å². The second-order valence-electron chi connectivity index (χ2n) is 8.05. The summed E-state index contributed by atoms with van der Waals surface area (Å²) in [5.74, 6) is 1.10. The molecule has 104 valence electrons. The van der Waals surface area contributed by atoms with Crippen molar-refractivity contribution in [3.8, 4) is 0 Å². The Bertz CT molecular complexity index is 207. The molecule has 0 rings (SSSR count). The summed E-state index contributed by atoms with van der Waals surface area (Å²) in [4.78, 5) is 0. The lowest BCUT2D eigenvalue weighted by molar-refractivity contribution is 0.00253. The van der Waals surface area contributed by atoms with Crippen molar-refractivity contribution in [2.24, 2.45) is 22.7 Å². The van der Waals surface area contributed by atoms with E-state index < -0.39 is 0 Å². The SMILES string of the molecule is CCC(C)CC(C(O)CC(C)(C)C)C(C)(C)C. The summed E-state index contributed by atoms with van der Waals surface area (Å²) < 4.78 is 0. The molecule has 1 heteroatoms. The molecule has 0 bridgehead atoms. The summed E-state index contributed by atoms with van der Waals surface area (Å²) in [5.41, 5.74) is 0.395. The van der Waals surface area contributed by atoms with E-state index in [-0.39, 0.29) is 16.9 Å². The fourth-order valence-electron chi connectivity index (χ4n) is 2.46. The minimum atomic E-state index is -0.177. The van der Waals surface area contributed by atoms with Gasteiger partial charge < -0.3 is 5.11 Å². The molecule has 3 atom stereocenters. The van der Waals surface area contributed by atoms with Crippen molar-refractivity contribution in [2.45, 2.75) is 80.8 Å². The van der Waals surface area contributed by atoms with Crippen molar-refractivity contribution in [3.63, 3.8) is 0 Å². The normalized spacial score (nSPS) is 18.9. The molecule has 0 heterocycles. The molecule has 17 heavy (non-hydrogen) atoms. The molecule has 3 unspecified atom stereocenters. The maximum Gasteiger partial charge on any atom is 0.0578 e. The third kappa shape index (κ3) is 7.08. The van der Waals surface area contributed by atoms with Crippen LogP contribution in [0.4, 0.5) is 0 Å². The van der Waals surface area contributed by atoms with E-state index in [0.29, 0.717) is 11.8 Å². The Morgan fingerprint density at radius 1 is 1.00 bits per heavy atom. The maximum atomic E-state index is 10.5. The van der Waals surface area contributed by atoms with Crippen molar-refractivity contribution in [1.82, 2.24) is 0 Å². The molecule has 0 spiro atoms. The first-order chi connectivity index (χ1) is 7.47. The molecule has 0 aliphatic rings. The van der Waals surface area contributed by atoms with E-state index in [2.05, 4.69) is 55.4 Å². The lowest BCUT2D eigenvalue weighted by Crippen LogP contribution is -2.36. The van der Waals surface area contributed by atoms with Gasteiger partial charge >= 0.3 is 0 Å². The van der Waals surface area contributed by atoms with Crippen molar-refractivity contribution in [2.75, 3.05) is 0 Å². The second kappa shape index (κ2) is 6.22. The van der Waals surface area contributed by atoms with E-state index in [9.17, 15) is 5.11 Å². The zero-order chi connectivity index (χ0) is 13.9. The molecule has 0 radical (unpaired) electrons. The molecule has 0 saturated carbocycles. The average molecular weight is 242 g/mol. The van der Waals surface area contributed by atoms with E-state index in [0.717, 1.165) is 12.8 Å². The third-order valence-electron chi connectivity index (χ3n) is 3.75. The van der Waals surface area contributed by atoms with Crippen LogP contribution in [0.3, 0.4) is 0 Å². The van der Waals surface area contributed by atoms with Gasteiger partial charge in [0.25, 0.3) is 0 Å². The molecule has 0 aromatic rings.